The summed E-state index contributed by atoms with van der Waals surface area (Å²) in [5.41, 5.74) is 0. The van der Waals surface area contributed by atoms with Gasteiger partial charge in [-0.15, -0.1) is 0 Å². The molecule has 8 heavy (non-hydrogen) atoms. The maximum absolute atomic E-state index is 8.22. The molecule has 0 rings (SSSR count). The minimum absolute atomic E-state index is 0.122. The fourth-order valence-corrected chi connectivity index (χ4v) is 0.879. The fourth-order valence-electron chi connectivity index (χ4n) is 0.198. The summed E-state index contributed by atoms with van der Waals surface area (Å²) in [6.07, 6.45) is 0.596. The highest BCUT2D eigenvalue weighted by molar-refractivity contribution is 8.00. The van der Waals surface area contributed by atoms with E-state index in [1.807, 2.05) is 0 Å². The van der Waals surface area contributed by atoms with Crippen LogP contribution in [0.15, 0.2) is 0 Å². The molecule has 0 spiro atoms. The Bertz CT molecular complexity index is 52.5. The van der Waals surface area contributed by atoms with Gasteiger partial charge in [0, 0.05) is 6.61 Å². The van der Waals surface area contributed by atoms with Crippen LogP contribution < -0.4 is 0 Å². The lowest BCUT2D eigenvalue weighted by molar-refractivity contribution is 0.247. The van der Waals surface area contributed by atoms with Gasteiger partial charge in [0.25, 0.3) is 0 Å². The molecule has 0 unspecified atom stereocenters. The fraction of sp³-hybridized carbons (Fsp3) is 1.00. The van der Waals surface area contributed by atoms with Gasteiger partial charge in [-0.2, -0.15) is 0 Å². The molecule has 2 nitrogen and oxygen atoms in total. The van der Waals surface area contributed by atoms with Gasteiger partial charge in [-0.05, 0) is 28.9 Å². The second kappa shape index (κ2) is 6.06. The van der Waals surface area contributed by atoms with E-state index < -0.39 is 6.85 Å². The molecular formula is C3H7Cl2O2P. The Morgan fingerprint density at radius 1 is 1.50 bits per heavy atom. The summed E-state index contributed by atoms with van der Waals surface area (Å²) in [5.74, 6) is 0. The van der Waals surface area contributed by atoms with Crippen molar-refractivity contribution in [2.45, 2.75) is 6.42 Å². The van der Waals surface area contributed by atoms with E-state index >= 15 is 0 Å². The predicted molar refractivity (Wildman–Crippen MR) is 36.3 cm³/mol. The van der Waals surface area contributed by atoms with E-state index in [2.05, 4.69) is 0 Å². The van der Waals surface area contributed by atoms with Crippen LogP contribution in [0, 0.1) is 0 Å². The van der Waals surface area contributed by atoms with Crippen molar-refractivity contribution in [2.75, 3.05) is 13.2 Å². The van der Waals surface area contributed by atoms with E-state index in [1.165, 1.54) is 0 Å². The lowest BCUT2D eigenvalue weighted by Crippen LogP contribution is -1.89. The average Bonchev–Trinajstić information content (AvgIpc) is 1.66. The highest BCUT2D eigenvalue weighted by atomic mass is 35.9. The van der Waals surface area contributed by atoms with E-state index in [-0.39, 0.29) is 6.61 Å². The van der Waals surface area contributed by atoms with Gasteiger partial charge in [0.2, 0.25) is 6.85 Å². The molecule has 0 atom stereocenters. The van der Waals surface area contributed by atoms with Gasteiger partial charge >= 0.3 is 0 Å². The summed E-state index contributed by atoms with van der Waals surface area (Å²) >= 11 is 10.5. The van der Waals surface area contributed by atoms with Gasteiger partial charge in [-0.1, -0.05) is 0 Å². The van der Waals surface area contributed by atoms with Crippen LogP contribution >= 0.6 is 29.3 Å². The number of aliphatic hydroxyl groups is 1. The predicted octanol–water partition coefficient (Wildman–Crippen LogP) is 2.09. The van der Waals surface area contributed by atoms with Crippen LogP contribution in [-0.2, 0) is 4.52 Å². The van der Waals surface area contributed by atoms with E-state index in [9.17, 15) is 0 Å². The Morgan fingerprint density at radius 3 is 2.50 bits per heavy atom. The van der Waals surface area contributed by atoms with Gasteiger partial charge in [-0.3, -0.25) is 0 Å². The van der Waals surface area contributed by atoms with Gasteiger partial charge < -0.3 is 9.63 Å². The molecular weight excluding hydrogens is 170 g/mol. The minimum atomic E-state index is -1.28. The molecule has 0 aliphatic heterocycles. The number of hydrogen-bond donors (Lipinski definition) is 1. The van der Waals surface area contributed by atoms with Crippen molar-refractivity contribution in [3.05, 3.63) is 0 Å². The zero-order chi connectivity index (χ0) is 6.41. The zero-order valence-electron chi connectivity index (χ0n) is 4.18. The van der Waals surface area contributed by atoms with Crippen molar-refractivity contribution >= 4 is 29.3 Å². The Labute approximate surface area is 59.2 Å². The number of aliphatic hydroxyl groups excluding tert-OH is 1. The topological polar surface area (TPSA) is 29.5 Å². The molecule has 50 valence electrons. The second-order valence-corrected chi connectivity index (χ2v) is 4.14. The Balaban J connectivity index is 2.72. The van der Waals surface area contributed by atoms with Crippen molar-refractivity contribution in [3.8, 4) is 0 Å². The van der Waals surface area contributed by atoms with Gasteiger partial charge in [0.1, 0.15) is 0 Å². The first-order chi connectivity index (χ1) is 3.77. The van der Waals surface area contributed by atoms with E-state index in [1.54, 1.807) is 0 Å². The molecule has 0 radical (unpaired) electrons. The van der Waals surface area contributed by atoms with Crippen LogP contribution in [0.4, 0.5) is 0 Å². The molecule has 0 bridgehead atoms. The van der Waals surface area contributed by atoms with Crippen molar-refractivity contribution in [2.24, 2.45) is 0 Å². The average molecular weight is 177 g/mol. The number of halogens is 2. The maximum atomic E-state index is 8.22. The highest BCUT2D eigenvalue weighted by Gasteiger charge is 1.95. The minimum Gasteiger partial charge on any atom is -0.396 e. The largest absolute Gasteiger partial charge is 0.396 e. The molecule has 0 fully saturated rings. The molecule has 0 aromatic heterocycles. The van der Waals surface area contributed by atoms with E-state index in [0.29, 0.717) is 13.0 Å². The SMILES string of the molecule is OCCCOP(Cl)Cl. The molecule has 0 saturated carbocycles. The van der Waals surface area contributed by atoms with Crippen molar-refractivity contribution in [3.63, 3.8) is 0 Å². The Kier molecular flexibility index (Phi) is 6.76. The van der Waals surface area contributed by atoms with Crippen LogP contribution in [0.2, 0.25) is 0 Å². The van der Waals surface area contributed by atoms with E-state index in [0.717, 1.165) is 0 Å². The number of hydrogen-bond acceptors (Lipinski definition) is 2. The van der Waals surface area contributed by atoms with Crippen LogP contribution in [0.5, 0.6) is 0 Å². The summed E-state index contributed by atoms with van der Waals surface area (Å²) < 4.78 is 4.72. The monoisotopic (exact) mass is 176 g/mol. The normalized spacial score (nSPS) is 10.5. The molecule has 0 saturated heterocycles. The smallest absolute Gasteiger partial charge is 0.225 e. The first-order valence-corrected chi connectivity index (χ1v) is 5.20. The Morgan fingerprint density at radius 2 is 2.12 bits per heavy atom. The Hall–Kier alpha value is 0.930. The molecule has 0 aromatic rings. The molecule has 5 heteroatoms. The standard InChI is InChI=1S/C3H7Cl2O2P/c4-8(5)7-3-1-2-6/h6H,1-3H2. The van der Waals surface area contributed by atoms with Crippen LogP contribution in [0.25, 0.3) is 0 Å². The van der Waals surface area contributed by atoms with Gasteiger partial charge in [-0.25, -0.2) is 0 Å². The second-order valence-electron chi connectivity index (χ2n) is 1.11. The lowest BCUT2D eigenvalue weighted by Gasteiger charge is -1.98. The van der Waals surface area contributed by atoms with Crippen molar-refractivity contribution in [1.82, 2.24) is 0 Å². The summed E-state index contributed by atoms with van der Waals surface area (Å²) in [4.78, 5) is 0. The van der Waals surface area contributed by atoms with Gasteiger partial charge in [0.05, 0.1) is 6.61 Å². The van der Waals surface area contributed by atoms with Crippen molar-refractivity contribution in [1.29, 1.82) is 0 Å². The quantitative estimate of drug-likeness (QED) is 0.526. The summed E-state index contributed by atoms with van der Waals surface area (Å²) in [5, 5.41) is 8.22. The first-order valence-electron chi connectivity index (χ1n) is 2.13. The van der Waals surface area contributed by atoms with Crippen LogP contribution in [0.3, 0.4) is 0 Å². The summed E-state index contributed by atoms with van der Waals surface area (Å²) in [6.45, 7) is -0.717. The third-order valence-electron chi connectivity index (χ3n) is 0.491. The zero-order valence-corrected chi connectivity index (χ0v) is 6.59. The molecule has 1 N–H and O–H groups in total. The summed E-state index contributed by atoms with van der Waals surface area (Å²) in [7, 11) is 0. The third kappa shape index (κ3) is 6.93. The highest BCUT2D eigenvalue weighted by Crippen LogP contribution is 2.47. The number of rotatable bonds is 4. The van der Waals surface area contributed by atoms with Crippen LogP contribution in [-0.4, -0.2) is 18.3 Å². The molecule has 0 aromatic carbocycles. The molecule has 0 aliphatic carbocycles. The first kappa shape index (κ1) is 8.93. The van der Waals surface area contributed by atoms with Crippen LogP contribution in [0.1, 0.15) is 6.42 Å². The third-order valence-corrected chi connectivity index (χ3v) is 1.45. The van der Waals surface area contributed by atoms with Gasteiger partial charge in [0.15, 0.2) is 0 Å². The molecule has 0 heterocycles. The van der Waals surface area contributed by atoms with E-state index in [4.69, 9.17) is 32.1 Å². The maximum Gasteiger partial charge on any atom is 0.225 e. The molecule has 0 aliphatic rings. The summed E-state index contributed by atoms with van der Waals surface area (Å²) in [6, 6.07) is 0. The lowest BCUT2D eigenvalue weighted by atomic mass is 10.5. The van der Waals surface area contributed by atoms with Crippen molar-refractivity contribution < 1.29 is 9.63 Å². The molecule has 0 amide bonds.